The number of fused-ring (bicyclic) bond motifs is 2. The Balaban J connectivity index is 1.69. The van der Waals surface area contributed by atoms with Crippen LogP contribution in [0.3, 0.4) is 0 Å². The van der Waals surface area contributed by atoms with Crippen LogP contribution < -0.4 is 5.32 Å². The number of nitrogens with zero attached hydrogens (tertiary/aromatic N) is 2. The van der Waals surface area contributed by atoms with Crippen LogP contribution in [-0.2, 0) is 4.79 Å². The van der Waals surface area contributed by atoms with Gasteiger partial charge in [-0.1, -0.05) is 12.2 Å². The number of carbonyl (C=O) groups is 2. The maximum absolute atomic E-state index is 13.9. The first-order valence-corrected chi connectivity index (χ1v) is 8.49. The Kier molecular flexibility index (Phi) is 4.06. The SMILES string of the molecule is O=C1CCCC2=C1N(C(=O)Nc1ccc(F)cc1F)C1CC=CC=CN21. The second kappa shape index (κ2) is 6.40. The van der Waals surface area contributed by atoms with Gasteiger partial charge in [-0.3, -0.25) is 9.69 Å². The van der Waals surface area contributed by atoms with E-state index in [0.717, 1.165) is 18.2 Å². The van der Waals surface area contributed by atoms with Gasteiger partial charge in [-0.05, 0) is 31.1 Å². The Morgan fingerprint density at radius 2 is 2.04 bits per heavy atom. The number of nitrogens with one attached hydrogen (secondary N) is 1. The molecule has 0 spiro atoms. The number of urea groups is 1. The number of rotatable bonds is 1. The highest BCUT2D eigenvalue weighted by Gasteiger charge is 2.44. The van der Waals surface area contributed by atoms with Gasteiger partial charge in [0.05, 0.1) is 5.69 Å². The van der Waals surface area contributed by atoms with Gasteiger partial charge >= 0.3 is 6.03 Å². The Hall–Kier alpha value is -2.96. The van der Waals surface area contributed by atoms with E-state index in [0.29, 0.717) is 31.0 Å². The quantitative estimate of drug-likeness (QED) is 0.830. The number of halogens is 2. The highest BCUT2D eigenvalue weighted by molar-refractivity contribution is 6.03. The summed E-state index contributed by atoms with van der Waals surface area (Å²) in [7, 11) is 0. The summed E-state index contributed by atoms with van der Waals surface area (Å²) >= 11 is 0. The lowest BCUT2D eigenvalue weighted by Crippen LogP contribution is -2.44. The van der Waals surface area contributed by atoms with Crippen molar-refractivity contribution in [1.29, 1.82) is 0 Å². The highest BCUT2D eigenvalue weighted by Crippen LogP contribution is 2.39. The van der Waals surface area contributed by atoms with Crippen LogP contribution in [0.1, 0.15) is 25.7 Å². The molecule has 1 unspecified atom stereocenters. The first kappa shape index (κ1) is 16.5. The van der Waals surface area contributed by atoms with Crippen molar-refractivity contribution in [1.82, 2.24) is 9.80 Å². The summed E-state index contributed by atoms with van der Waals surface area (Å²) in [4.78, 5) is 28.8. The summed E-state index contributed by atoms with van der Waals surface area (Å²) < 4.78 is 27.0. The Morgan fingerprint density at radius 1 is 1.19 bits per heavy atom. The number of hydrogen-bond acceptors (Lipinski definition) is 3. The van der Waals surface area contributed by atoms with Crippen molar-refractivity contribution in [2.24, 2.45) is 0 Å². The molecule has 0 aromatic heterocycles. The van der Waals surface area contributed by atoms with Crippen molar-refractivity contribution in [3.8, 4) is 0 Å². The molecule has 1 atom stereocenters. The van der Waals surface area contributed by atoms with E-state index in [9.17, 15) is 18.4 Å². The minimum Gasteiger partial charge on any atom is -0.328 e. The van der Waals surface area contributed by atoms with Crippen LogP contribution in [0.25, 0.3) is 0 Å². The van der Waals surface area contributed by atoms with Crippen LogP contribution >= 0.6 is 0 Å². The number of hydrogen-bond donors (Lipinski definition) is 1. The van der Waals surface area contributed by atoms with E-state index >= 15 is 0 Å². The molecular formula is C19H17F2N3O2. The molecule has 0 saturated carbocycles. The average Bonchev–Trinajstić information content (AvgIpc) is 2.76. The molecule has 2 aliphatic heterocycles. The van der Waals surface area contributed by atoms with E-state index in [2.05, 4.69) is 5.32 Å². The number of carbonyl (C=O) groups excluding carboxylic acids is 2. The van der Waals surface area contributed by atoms with Crippen molar-refractivity contribution < 1.29 is 18.4 Å². The van der Waals surface area contributed by atoms with Gasteiger partial charge in [-0.15, -0.1) is 0 Å². The molecule has 2 heterocycles. The number of anilines is 1. The van der Waals surface area contributed by atoms with Gasteiger partial charge in [0.15, 0.2) is 5.78 Å². The van der Waals surface area contributed by atoms with E-state index in [-0.39, 0.29) is 17.6 Å². The number of Topliss-reactive ketones (excluding diaryl/α,β-unsaturated/α-hetero) is 1. The third-order valence-corrected chi connectivity index (χ3v) is 4.76. The predicted molar refractivity (Wildman–Crippen MR) is 91.6 cm³/mol. The lowest BCUT2D eigenvalue weighted by molar-refractivity contribution is -0.117. The minimum absolute atomic E-state index is 0.0913. The van der Waals surface area contributed by atoms with Crippen molar-refractivity contribution >= 4 is 17.5 Å². The van der Waals surface area contributed by atoms with E-state index in [1.807, 2.05) is 29.3 Å². The van der Waals surface area contributed by atoms with Gasteiger partial charge in [-0.25, -0.2) is 13.6 Å². The number of benzene rings is 1. The maximum atomic E-state index is 13.9. The monoisotopic (exact) mass is 357 g/mol. The normalized spacial score (nSPS) is 21.6. The third kappa shape index (κ3) is 2.69. The molecule has 134 valence electrons. The van der Waals surface area contributed by atoms with Crippen molar-refractivity contribution in [3.63, 3.8) is 0 Å². The zero-order chi connectivity index (χ0) is 18.3. The first-order valence-electron chi connectivity index (χ1n) is 8.49. The molecule has 4 rings (SSSR count). The Labute approximate surface area is 149 Å². The summed E-state index contributed by atoms with van der Waals surface area (Å²) in [5.41, 5.74) is 1.07. The van der Waals surface area contributed by atoms with Crippen LogP contribution in [0.4, 0.5) is 19.3 Å². The molecule has 1 aliphatic carbocycles. The largest absolute Gasteiger partial charge is 0.328 e. The van der Waals surface area contributed by atoms with Gasteiger partial charge in [0.1, 0.15) is 23.5 Å². The maximum Gasteiger partial charge on any atom is 0.328 e. The summed E-state index contributed by atoms with van der Waals surface area (Å²) in [6.45, 7) is 0. The summed E-state index contributed by atoms with van der Waals surface area (Å²) in [6, 6.07) is 2.35. The van der Waals surface area contributed by atoms with Gasteiger partial charge in [-0.2, -0.15) is 0 Å². The molecular weight excluding hydrogens is 340 g/mol. The molecule has 1 aromatic carbocycles. The lowest BCUT2D eigenvalue weighted by atomic mass is 10.00. The number of allylic oxidation sites excluding steroid dienone is 4. The van der Waals surface area contributed by atoms with Crippen LogP contribution in [0.15, 0.2) is 54.0 Å². The number of amides is 2. The molecule has 7 heteroatoms. The molecule has 0 fully saturated rings. The van der Waals surface area contributed by atoms with Gasteiger partial charge in [0.2, 0.25) is 0 Å². The summed E-state index contributed by atoms with van der Waals surface area (Å²) in [6.07, 6.45) is 9.52. The van der Waals surface area contributed by atoms with E-state index in [4.69, 9.17) is 0 Å². The van der Waals surface area contributed by atoms with Crippen LogP contribution in [0.5, 0.6) is 0 Å². The second-order valence-corrected chi connectivity index (χ2v) is 6.39. The zero-order valence-electron chi connectivity index (χ0n) is 13.9. The Bertz CT molecular complexity index is 876. The fourth-order valence-electron chi connectivity index (χ4n) is 3.62. The smallest absolute Gasteiger partial charge is 0.328 e. The number of ketones is 1. The molecule has 0 bridgehead atoms. The van der Waals surface area contributed by atoms with Gasteiger partial charge < -0.3 is 10.2 Å². The van der Waals surface area contributed by atoms with Crippen LogP contribution in [-0.4, -0.2) is 27.8 Å². The van der Waals surface area contributed by atoms with Gasteiger partial charge in [0, 0.05) is 30.8 Å². The van der Waals surface area contributed by atoms with E-state index in [1.54, 1.807) is 0 Å². The van der Waals surface area contributed by atoms with Gasteiger partial charge in [0.25, 0.3) is 0 Å². The lowest BCUT2D eigenvalue weighted by Gasteiger charge is -2.30. The van der Waals surface area contributed by atoms with Crippen molar-refractivity contribution in [3.05, 3.63) is 65.7 Å². The Morgan fingerprint density at radius 3 is 2.85 bits per heavy atom. The van der Waals surface area contributed by atoms with E-state index < -0.39 is 17.7 Å². The molecule has 2 amide bonds. The zero-order valence-corrected chi connectivity index (χ0v) is 13.9. The molecule has 3 aliphatic rings. The van der Waals surface area contributed by atoms with E-state index in [1.165, 1.54) is 11.0 Å². The second-order valence-electron chi connectivity index (χ2n) is 6.39. The standard InChI is InChI=1S/C19H17F2N3O2/c20-12-8-9-14(13(21)11-12)22-19(26)24-17-7-2-1-3-10-23(17)15-5-4-6-16(25)18(15)24/h1-3,8-11,17H,4-7H2,(H,22,26). The molecule has 26 heavy (non-hydrogen) atoms. The van der Waals surface area contributed by atoms with Crippen molar-refractivity contribution in [2.45, 2.75) is 31.8 Å². The highest BCUT2D eigenvalue weighted by atomic mass is 19.1. The summed E-state index contributed by atoms with van der Waals surface area (Å²) in [5.74, 6) is -1.68. The van der Waals surface area contributed by atoms with Crippen LogP contribution in [0, 0.1) is 11.6 Å². The third-order valence-electron chi connectivity index (χ3n) is 4.76. The summed E-state index contributed by atoms with van der Waals surface area (Å²) in [5, 5.41) is 2.47. The topological polar surface area (TPSA) is 52.7 Å². The predicted octanol–water partition coefficient (Wildman–Crippen LogP) is 3.88. The molecule has 5 nitrogen and oxygen atoms in total. The molecule has 0 radical (unpaired) electrons. The molecule has 1 aromatic rings. The molecule has 0 saturated heterocycles. The van der Waals surface area contributed by atoms with Crippen molar-refractivity contribution in [2.75, 3.05) is 5.32 Å². The fraction of sp³-hybridized carbons (Fsp3) is 0.263. The fourth-order valence-corrected chi connectivity index (χ4v) is 3.62. The van der Waals surface area contributed by atoms with Crippen LogP contribution in [0.2, 0.25) is 0 Å². The average molecular weight is 357 g/mol. The minimum atomic E-state index is -0.862. The molecule has 1 N–H and O–H groups in total. The first-order chi connectivity index (χ1) is 12.6.